The van der Waals surface area contributed by atoms with Gasteiger partial charge in [-0.3, -0.25) is 25.0 Å². The molecule has 0 saturated heterocycles. The molecule has 0 aromatic heterocycles. The third kappa shape index (κ3) is 28.2. The van der Waals surface area contributed by atoms with Crippen molar-refractivity contribution in [2.45, 2.75) is 19.8 Å². The minimum atomic E-state index is -0.684. The van der Waals surface area contributed by atoms with Crippen molar-refractivity contribution in [3.63, 3.8) is 0 Å². The Morgan fingerprint density at radius 3 is 1.24 bits per heavy atom. The van der Waals surface area contributed by atoms with E-state index in [1.54, 1.807) is 0 Å². The summed E-state index contributed by atoms with van der Waals surface area (Å²) in [6.07, 6.45) is 1.20. The second-order valence-electron chi connectivity index (χ2n) is 10.2. The molecule has 0 aliphatic carbocycles. The van der Waals surface area contributed by atoms with Crippen molar-refractivity contribution in [1.29, 1.82) is 0 Å². The van der Waals surface area contributed by atoms with Gasteiger partial charge in [-0.25, -0.2) is 0 Å². The Labute approximate surface area is 298 Å². The Morgan fingerprint density at radius 2 is 0.902 bits per heavy atom. The van der Waals surface area contributed by atoms with Crippen molar-refractivity contribution >= 4 is 23.0 Å². The van der Waals surface area contributed by atoms with Crippen molar-refractivity contribution < 1.29 is 66.7 Å². The van der Waals surface area contributed by atoms with Gasteiger partial charge in [0.05, 0.1) is 148 Å². The molecule has 0 heterocycles. The van der Waals surface area contributed by atoms with E-state index in [1.165, 1.54) is 12.1 Å². The lowest BCUT2D eigenvalue weighted by Gasteiger charge is -2.09. The molecule has 19 nitrogen and oxygen atoms in total. The number of nitrogens with zero attached hydrogens (tertiary/aromatic N) is 2. The first-order chi connectivity index (χ1) is 25.0. The SMILES string of the molecule is CCCC(=O)OCCOCCOCCOCCOCCOCCOCCOCCOCCOCCOCCNc1ccc([N+](=O)[O-])cc1[N+](=O)[O-]. The molecular weight excluding hydrogens is 682 g/mol. The summed E-state index contributed by atoms with van der Waals surface area (Å²) in [4.78, 5) is 31.8. The molecule has 1 N–H and O–H groups in total. The van der Waals surface area contributed by atoms with E-state index in [0.717, 1.165) is 12.5 Å². The van der Waals surface area contributed by atoms with Crippen molar-refractivity contribution in [2.24, 2.45) is 0 Å². The van der Waals surface area contributed by atoms with Gasteiger partial charge in [0.25, 0.3) is 11.4 Å². The molecule has 0 fully saturated rings. The highest BCUT2D eigenvalue weighted by molar-refractivity contribution is 5.69. The van der Waals surface area contributed by atoms with Gasteiger partial charge in [-0.05, 0) is 12.5 Å². The monoisotopic (exact) mass is 737 g/mol. The number of benzene rings is 1. The van der Waals surface area contributed by atoms with Crippen LogP contribution in [0.3, 0.4) is 0 Å². The minimum Gasteiger partial charge on any atom is -0.463 e. The normalized spacial score (nSPS) is 11.2. The van der Waals surface area contributed by atoms with Crippen molar-refractivity contribution in [2.75, 3.05) is 151 Å². The van der Waals surface area contributed by atoms with Gasteiger partial charge in [-0.2, -0.15) is 0 Å². The molecule has 0 bridgehead atoms. The van der Waals surface area contributed by atoms with Crippen LogP contribution in [0.15, 0.2) is 18.2 Å². The summed E-state index contributed by atoms with van der Waals surface area (Å²) in [5.74, 6) is -0.201. The Balaban J connectivity index is 1.72. The predicted octanol–water partition coefficient (Wildman–Crippen LogP) is 2.42. The number of carbonyl (C=O) groups excluding carboxylic acids is 1. The molecule has 1 aromatic rings. The van der Waals surface area contributed by atoms with Crippen molar-refractivity contribution in [3.05, 3.63) is 38.4 Å². The first kappa shape index (κ1) is 45.9. The highest BCUT2D eigenvalue weighted by Gasteiger charge is 2.19. The number of carbonyl (C=O) groups is 1. The zero-order chi connectivity index (χ0) is 37.0. The first-order valence-corrected chi connectivity index (χ1v) is 17.1. The zero-order valence-corrected chi connectivity index (χ0v) is 29.6. The van der Waals surface area contributed by atoms with Crippen LogP contribution >= 0.6 is 0 Å². The number of nitrogens with one attached hydrogen (secondary N) is 1. The number of rotatable bonds is 38. The fraction of sp³-hybridized carbons (Fsp3) is 0.781. The summed E-state index contributed by atoms with van der Waals surface area (Å²) >= 11 is 0. The third-order valence-electron chi connectivity index (χ3n) is 6.24. The average molecular weight is 738 g/mol. The number of hydrogen-bond donors (Lipinski definition) is 1. The van der Waals surface area contributed by atoms with Gasteiger partial charge in [-0.1, -0.05) is 6.92 Å². The summed E-state index contributed by atoms with van der Waals surface area (Å²) in [6, 6.07) is 3.42. The quantitative estimate of drug-likeness (QED) is 0.0446. The first-order valence-electron chi connectivity index (χ1n) is 17.1. The summed E-state index contributed by atoms with van der Waals surface area (Å²) in [7, 11) is 0. The van der Waals surface area contributed by atoms with Gasteiger partial charge >= 0.3 is 5.97 Å². The molecule has 19 heteroatoms. The molecule has 0 amide bonds. The zero-order valence-electron chi connectivity index (χ0n) is 29.6. The number of hydrogen-bond acceptors (Lipinski definition) is 17. The Hall–Kier alpha value is -3.11. The second-order valence-corrected chi connectivity index (χ2v) is 10.2. The van der Waals surface area contributed by atoms with E-state index in [2.05, 4.69) is 5.32 Å². The van der Waals surface area contributed by atoms with E-state index in [1.807, 2.05) is 6.92 Å². The van der Waals surface area contributed by atoms with Crippen LogP contribution in [-0.4, -0.2) is 161 Å². The van der Waals surface area contributed by atoms with Crippen LogP contribution in [0.25, 0.3) is 0 Å². The molecule has 0 aliphatic heterocycles. The highest BCUT2D eigenvalue weighted by atomic mass is 16.6. The number of nitro benzene ring substituents is 2. The molecule has 0 spiro atoms. The molecule has 0 radical (unpaired) electrons. The van der Waals surface area contributed by atoms with E-state index in [0.29, 0.717) is 132 Å². The molecule has 1 aromatic carbocycles. The maximum atomic E-state index is 11.2. The Bertz CT molecular complexity index is 1020. The fourth-order valence-corrected chi connectivity index (χ4v) is 3.76. The number of non-ortho nitro benzene ring substituents is 1. The molecule has 0 saturated carbocycles. The topological polar surface area (TPSA) is 217 Å². The van der Waals surface area contributed by atoms with Crippen LogP contribution in [0.4, 0.5) is 17.1 Å². The molecule has 0 atom stereocenters. The maximum absolute atomic E-state index is 11.2. The molecule has 1 rings (SSSR count). The van der Waals surface area contributed by atoms with E-state index in [4.69, 9.17) is 52.1 Å². The van der Waals surface area contributed by atoms with E-state index in [9.17, 15) is 25.0 Å². The number of ether oxygens (including phenoxy) is 11. The van der Waals surface area contributed by atoms with Gasteiger partial charge in [0.1, 0.15) is 12.3 Å². The van der Waals surface area contributed by atoms with Gasteiger partial charge < -0.3 is 57.4 Å². The van der Waals surface area contributed by atoms with Gasteiger partial charge in [0, 0.05) is 19.0 Å². The summed E-state index contributed by atoms with van der Waals surface area (Å²) in [5.41, 5.74) is -0.535. The minimum absolute atomic E-state index is 0.182. The maximum Gasteiger partial charge on any atom is 0.305 e. The van der Waals surface area contributed by atoms with Crippen LogP contribution < -0.4 is 5.32 Å². The van der Waals surface area contributed by atoms with E-state index < -0.39 is 9.85 Å². The highest BCUT2D eigenvalue weighted by Crippen LogP contribution is 2.28. The lowest BCUT2D eigenvalue weighted by molar-refractivity contribution is -0.393. The summed E-state index contributed by atoms with van der Waals surface area (Å²) in [5, 5.41) is 24.8. The smallest absolute Gasteiger partial charge is 0.305 e. The second kappa shape index (κ2) is 34.0. The van der Waals surface area contributed by atoms with Crippen LogP contribution in [0.1, 0.15) is 19.8 Å². The standard InChI is InChI=1S/C32H55N3O16/c1-2-3-32(36)51-27-26-50-25-24-49-23-22-48-21-20-47-19-18-46-17-16-45-15-14-44-13-12-43-11-10-42-9-8-41-7-6-33-30-5-4-29(34(37)38)28-31(30)35(39)40/h4-5,28,33H,2-3,6-27H2,1H3. The number of anilines is 1. The molecule has 294 valence electrons. The number of nitro groups is 2. The van der Waals surface area contributed by atoms with E-state index in [-0.39, 0.29) is 42.8 Å². The van der Waals surface area contributed by atoms with Crippen molar-refractivity contribution in [1.82, 2.24) is 0 Å². The number of esters is 1. The van der Waals surface area contributed by atoms with Crippen molar-refractivity contribution in [3.8, 4) is 0 Å². The van der Waals surface area contributed by atoms with E-state index >= 15 is 0 Å². The summed E-state index contributed by atoms with van der Waals surface area (Å²) in [6.45, 7) is 11.0. The van der Waals surface area contributed by atoms with Gasteiger partial charge in [0.15, 0.2) is 0 Å². The third-order valence-corrected chi connectivity index (χ3v) is 6.24. The Kier molecular flexibility index (Phi) is 30.6. The Morgan fingerprint density at radius 1 is 0.549 bits per heavy atom. The van der Waals surface area contributed by atoms with Crippen LogP contribution in [0.5, 0.6) is 0 Å². The van der Waals surface area contributed by atoms with Gasteiger partial charge in [-0.15, -0.1) is 0 Å². The lowest BCUT2D eigenvalue weighted by atomic mass is 10.2. The van der Waals surface area contributed by atoms with Crippen LogP contribution in [0, 0.1) is 20.2 Å². The fourth-order valence-electron chi connectivity index (χ4n) is 3.76. The molecular formula is C32H55N3O16. The van der Waals surface area contributed by atoms with Crippen LogP contribution in [-0.2, 0) is 56.9 Å². The largest absolute Gasteiger partial charge is 0.463 e. The lowest BCUT2D eigenvalue weighted by Crippen LogP contribution is -2.16. The van der Waals surface area contributed by atoms with Gasteiger partial charge in [0.2, 0.25) is 0 Å². The predicted molar refractivity (Wildman–Crippen MR) is 182 cm³/mol. The van der Waals surface area contributed by atoms with Crippen LogP contribution in [0.2, 0.25) is 0 Å². The summed E-state index contributed by atoms with van der Waals surface area (Å²) < 4.78 is 59.2. The average Bonchev–Trinajstić information content (AvgIpc) is 3.11. The molecule has 0 unspecified atom stereocenters. The molecule has 51 heavy (non-hydrogen) atoms. The molecule has 0 aliphatic rings.